The van der Waals surface area contributed by atoms with E-state index < -0.39 is 0 Å². The van der Waals surface area contributed by atoms with Gasteiger partial charge >= 0.3 is 0 Å². The lowest BCUT2D eigenvalue weighted by molar-refractivity contribution is 0.175. The molecule has 1 aromatic rings. The van der Waals surface area contributed by atoms with Crippen LogP contribution in [0.15, 0.2) is 24.3 Å². The number of ether oxygens (including phenoxy) is 1. The van der Waals surface area contributed by atoms with Gasteiger partial charge in [0.2, 0.25) is 0 Å². The van der Waals surface area contributed by atoms with Crippen molar-refractivity contribution in [1.29, 1.82) is 0 Å². The highest BCUT2D eigenvalue weighted by molar-refractivity contribution is 5.37. The van der Waals surface area contributed by atoms with Crippen molar-refractivity contribution < 1.29 is 4.74 Å². The third kappa shape index (κ3) is 2.64. The molecule has 0 saturated heterocycles. The van der Waals surface area contributed by atoms with Gasteiger partial charge in [-0.2, -0.15) is 0 Å². The first kappa shape index (κ1) is 13.0. The molecule has 1 N–H and O–H groups in total. The van der Waals surface area contributed by atoms with Gasteiger partial charge in [0.05, 0.1) is 6.61 Å². The molecular formula is C17H25NO. The Bertz CT molecular complexity index is 437. The molecule has 104 valence electrons. The summed E-state index contributed by atoms with van der Waals surface area (Å²) in [7, 11) is 0. The molecule has 1 saturated carbocycles. The van der Waals surface area contributed by atoms with Crippen LogP contribution in [0.1, 0.15) is 51.1 Å². The van der Waals surface area contributed by atoms with E-state index in [0.29, 0.717) is 17.4 Å². The van der Waals surface area contributed by atoms with Crippen LogP contribution in [0.4, 0.5) is 0 Å². The van der Waals surface area contributed by atoms with Crippen LogP contribution in [-0.4, -0.2) is 13.2 Å². The predicted octanol–water partition coefficient (Wildman–Crippen LogP) is 3.93. The second-order valence-electron chi connectivity index (χ2n) is 6.70. The molecule has 2 atom stereocenters. The summed E-state index contributed by atoms with van der Waals surface area (Å²) in [5, 5.41) is 3.83. The van der Waals surface area contributed by atoms with Crippen LogP contribution in [0, 0.1) is 11.3 Å². The molecule has 2 nitrogen and oxygen atoms in total. The van der Waals surface area contributed by atoms with E-state index in [1.807, 2.05) is 0 Å². The first-order valence-corrected chi connectivity index (χ1v) is 7.63. The zero-order valence-corrected chi connectivity index (χ0v) is 12.1. The van der Waals surface area contributed by atoms with Gasteiger partial charge in [0.1, 0.15) is 5.75 Å². The Morgan fingerprint density at radius 1 is 1.26 bits per heavy atom. The molecule has 0 bridgehead atoms. The highest BCUT2D eigenvalue weighted by Gasteiger charge is 2.32. The largest absolute Gasteiger partial charge is 0.493 e. The zero-order chi connectivity index (χ0) is 13.3. The van der Waals surface area contributed by atoms with Crippen molar-refractivity contribution in [2.24, 2.45) is 11.3 Å². The molecule has 2 heteroatoms. The first-order chi connectivity index (χ1) is 9.18. The quantitative estimate of drug-likeness (QED) is 0.888. The highest BCUT2D eigenvalue weighted by atomic mass is 16.5. The second-order valence-corrected chi connectivity index (χ2v) is 6.70. The van der Waals surface area contributed by atoms with Crippen LogP contribution in [-0.2, 0) is 0 Å². The Kier molecular flexibility index (Phi) is 3.53. The van der Waals surface area contributed by atoms with Gasteiger partial charge in [0, 0.05) is 24.1 Å². The maximum Gasteiger partial charge on any atom is 0.124 e. The molecule has 0 radical (unpaired) electrons. The van der Waals surface area contributed by atoms with E-state index in [4.69, 9.17) is 4.74 Å². The van der Waals surface area contributed by atoms with Crippen molar-refractivity contribution in [3.8, 4) is 5.75 Å². The maximum atomic E-state index is 5.82. The number of fused-ring (bicyclic) bond motifs is 1. The van der Waals surface area contributed by atoms with E-state index >= 15 is 0 Å². The van der Waals surface area contributed by atoms with Crippen LogP contribution in [0.25, 0.3) is 0 Å². The normalized spacial score (nSPS) is 28.7. The summed E-state index contributed by atoms with van der Waals surface area (Å²) in [6.45, 7) is 6.68. The smallest absolute Gasteiger partial charge is 0.124 e. The van der Waals surface area contributed by atoms with Crippen molar-refractivity contribution >= 4 is 0 Å². The first-order valence-electron chi connectivity index (χ1n) is 7.63. The van der Waals surface area contributed by atoms with Crippen LogP contribution in [0.2, 0.25) is 0 Å². The average molecular weight is 259 g/mol. The molecule has 0 spiro atoms. The van der Waals surface area contributed by atoms with Crippen LogP contribution in [0.3, 0.4) is 0 Å². The molecular weight excluding hydrogens is 234 g/mol. The fourth-order valence-electron chi connectivity index (χ4n) is 3.57. The summed E-state index contributed by atoms with van der Waals surface area (Å²) in [5.74, 6) is 1.61. The molecule has 19 heavy (non-hydrogen) atoms. The Morgan fingerprint density at radius 2 is 2.00 bits per heavy atom. The van der Waals surface area contributed by atoms with Gasteiger partial charge < -0.3 is 10.1 Å². The van der Waals surface area contributed by atoms with Crippen LogP contribution < -0.4 is 10.1 Å². The molecule has 3 rings (SSSR count). The number of rotatable bonds is 3. The van der Waals surface area contributed by atoms with Gasteiger partial charge in [0.15, 0.2) is 0 Å². The summed E-state index contributed by atoms with van der Waals surface area (Å²) in [5.41, 5.74) is 1.84. The SMILES string of the molecule is CC1COc2ccccc2C1NCC1(C)CCCC1. The summed E-state index contributed by atoms with van der Waals surface area (Å²) in [4.78, 5) is 0. The lowest BCUT2D eigenvalue weighted by atomic mass is 9.86. The van der Waals surface area contributed by atoms with Gasteiger partial charge in [-0.25, -0.2) is 0 Å². The molecule has 1 aliphatic heterocycles. The minimum Gasteiger partial charge on any atom is -0.493 e. The van der Waals surface area contributed by atoms with Crippen molar-refractivity contribution in [1.82, 2.24) is 5.32 Å². The van der Waals surface area contributed by atoms with Gasteiger partial charge in [-0.05, 0) is 24.3 Å². The van der Waals surface area contributed by atoms with E-state index in [2.05, 4.69) is 43.4 Å². The van der Waals surface area contributed by atoms with E-state index in [1.54, 1.807) is 0 Å². The van der Waals surface area contributed by atoms with E-state index in [1.165, 1.54) is 31.2 Å². The van der Waals surface area contributed by atoms with Crippen molar-refractivity contribution in [3.05, 3.63) is 29.8 Å². The van der Waals surface area contributed by atoms with Crippen LogP contribution >= 0.6 is 0 Å². The highest BCUT2D eigenvalue weighted by Crippen LogP contribution is 2.39. The van der Waals surface area contributed by atoms with Crippen molar-refractivity contribution in [2.75, 3.05) is 13.2 Å². The predicted molar refractivity (Wildman–Crippen MR) is 78.4 cm³/mol. The third-order valence-corrected chi connectivity index (χ3v) is 4.88. The number of hydrogen-bond acceptors (Lipinski definition) is 2. The summed E-state index contributed by atoms with van der Waals surface area (Å²) in [6.07, 6.45) is 5.55. The molecule has 1 heterocycles. The molecule has 2 unspecified atom stereocenters. The second kappa shape index (κ2) is 5.16. The summed E-state index contributed by atoms with van der Waals surface area (Å²) < 4.78 is 5.82. The minimum absolute atomic E-state index is 0.447. The van der Waals surface area contributed by atoms with Gasteiger partial charge in [0.25, 0.3) is 0 Å². The Morgan fingerprint density at radius 3 is 2.79 bits per heavy atom. The fourth-order valence-corrected chi connectivity index (χ4v) is 3.57. The van der Waals surface area contributed by atoms with Crippen molar-refractivity contribution in [2.45, 2.75) is 45.6 Å². The summed E-state index contributed by atoms with van der Waals surface area (Å²) in [6, 6.07) is 8.92. The monoisotopic (exact) mass is 259 g/mol. The number of para-hydroxylation sites is 1. The Balaban J connectivity index is 1.73. The molecule has 1 fully saturated rings. The number of benzene rings is 1. The van der Waals surface area contributed by atoms with E-state index in [9.17, 15) is 0 Å². The molecule has 0 aromatic heterocycles. The van der Waals surface area contributed by atoms with E-state index in [0.717, 1.165) is 18.9 Å². The molecule has 1 aliphatic carbocycles. The minimum atomic E-state index is 0.447. The molecule has 0 amide bonds. The van der Waals surface area contributed by atoms with Gasteiger partial charge in [-0.3, -0.25) is 0 Å². The maximum absolute atomic E-state index is 5.82. The number of hydrogen-bond donors (Lipinski definition) is 1. The third-order valence-electron chi connectivity index (χ3n) is 4.88. The zero-order valence-electron chi connectivity index (χ0n) is 12.1. The topological polar surface area (TPSA) is 21.3 Å². The number of nitrogens with one attached hydrogen (secondary N) is 1. The Hall–Kier alpha value is -1.02. The van der Waals surface area contributed by atoms with Gasteiger partial charge in [-0.1, -0.05) is 44.9 Å². The average Bonchev–Trinajstić information content (AvgIpc) is 2.85. The van der Waals surface area contributed by atoms with E-state index in [-0.39, 0.29) is 0 Å². The Labute approximate surface area is 116 Å². The summed E-state index contributed by atoms with van der Waals surface area (Å²) >= 11 is 0. The lowest BCUT2D eigenvalue weighted by Gasteiger charge is -2.35. The lowest BCUT2D eigenvalue weighted by Crippen LogP contribution is -2.39. The molecule has 2 aliphatic rings. The standard InChI is InChI=1S/C17H25NO/c1-13-11-19-15-8-4-3-7-14(15)16(13)18-12-17(2)9-5-6-10-17/h3-4,7-8,13,16,18H,5-6,9-12H2,1-2H3. The van der Waals surface area contributed by atoms with Gasteiger partial charge in [-0.15, -0.1) is 0 Å². The molecule has 1 aromatic carbocycles. The van der Waals surface area contributed by atoms with Crippen LogP contribution in [0.5, 0.6) is 5.75 Å². The fraction of sp³-hybridized carbons (Fsp3) is 0.647. The van der Waals surface area contributed by atoms with Crippen molar-refractivity contribution in [3.63, 3.8) is 0 Å².